The smallest absolute Gasteiger partial charge is 0.230 e. The molecule has 0 spiro atoms. The average Bonchev–Trinajstić information content (AvgIpc) is 2.52. The molecule has 2 N–H and O–H groups in total. The first-order valence-corrected chi connectivity index (χ1v) is 8.66. The lowest BCUT2D eigenvalue weighted by Crippen LogP contribution is -2.56. The van der Waals surface area contributed by atoms with E-state index in [-0.39, 0.29) is 11.3 Å². The molecule has 0 radical (unpaired) electrons. The third kappa shape index (κ3) is 4.43. The lowest BCUT2D eigenvalue weighted by molar-refractivity contribution is -0.149. The molecule has 0 atom stereocenters. The summed E-state index contributed by atoms with van der Waals surface area (Å²) in [6.07, 6.45) is 2.74. The molecule has 0 bridgehead atoms. The zero-order valence-electron chi connectivity index (χ0n) is 14.6. The maximum atomic E-state index is 12.9. The summed E-state index contributed by atoms with van der Waals surface area (Å²) in [5.74, 6) is 0.258. The van der Waals surface area contributed by atoms with Crippen LogP contribution in [-0.2, 0) is 9.53 Å². The van der Waals surface area contributed by atoms with Crippen molar-refractivity contribution in [3.8, 4) is 0 Å². The van der Waals surface area contributed by atoms with Gasteiger partial charge in [-0.15, -0.1) is 0 Å². The van der Waals surface area contributed by atoms with Crippen LogP contribution in [0.1, 0.15) is 40.0 Å². The van der Waals surface area contributed by atoms with Crippen LogP contribution in [0.5, 0.6) is 0 Å². The minimum absolute atomic E-state index is 0.258. The average molecular weight is 311 g/mol. The van der Waals surface area contributed by atoms with Gasteiger partial charge in [0.2, 0.25) is 5.91 Å². The molecule has 5 nitrogen and oxygen atoms in total. The first-order chi connectivity index (χ1) is 10.4. The SMILES string of the molecule is CC(C)(C)CCN1CCN(C(=O)C2(CN)CCOCC2)CC1. The Bertz CT molecular complexity index is 365. The van der Waals surface area contributed by atoms with E-state index in [1.54, 1.807) is 0 Å². The Balaban J connectivity index is 1.84. The van der Waals surface area contributed by atoms with E-state index in [0.29, 0.717) is 25.2 Å². The summed E-state index contributed by atoms with van der Waals surface area (Å²) in [6.45, 7) is 13.4. The number of carbonyl (C=O) groups excluding carboxylic acids is 1. The second-order valence-corrected chi connectivity index (χ2v) is 8.04. The molecule has 2 saturated heterocycles. The quantitative estimate of drug-likeness (QED) is 0.851. The molecule has 2 fully saturated rings. The van der Waals surface area contributed by atoms with E-state index in [0.717, 1.165) is 45.6 Å². The van der Waals surface area contributed by atoms with Crippen LogP contribution in [0.3, 0.4) is 0 Å². The Morgan fingerprint density at radius 2 is 1.73 bits per heavy atom. The van der Waals surface area contributed by atoms with Gasteiger partial charge in [0.05, 0.1) is 5.41 Å². The van der Waals surface area contributed by atoms with Crippen molar-refractivity contribution in [3.05, 3.63) is 0 Å². The molecule has 1 amide bonds. The normalized spacial score (nSPS) is 23.5. The number of nitrogens with zero attached hydrogens (tertiary/aromatic N) is 2. The highest BCUT2D eigenvalue weighted by atomic mass is 16.5. The summed E-state index contributed by atoms with van der Waals surface area (Å²) in [7, 11) is 0. The molecule has 2 heterocycles. The molecule has 0 aromatic rings. The zero-order chi connectivity index (χ0) is 16.2. The fraction of sp³-hybridized carbons (Fsp3) is 0.941. The van der Waals surface area contributed by atoms with Gasteiger partial charge in [-0.2, -0.15) is 0 Å². The molecule has 22 heavy (non-hydrogen) atoms. The summed E-state index contributed by atoms with van der Waals surface area (Å²) >= 11 is 0. The molecule has 2 aliphatic heterocycles. The summed E-state index contributed by atoms with van der Waals surface area (Å²) in [6, 6.07) is 0. The fourth-order valence-corrected chi connectivity index (χ4v) is 3.27. The Labute approximate surface area is 135 Å². The van der Waals surface area contributed by atoms with Crippen LogP contribution in [0.2, 0.25) is 0 Å². The van der Waals surface area contributed by atoms with E-state index in [4.69, 9.17) is 10.5 Å². The third-order valence-corrected chi connectivity index (χ3v) is 5.13. The first-order valence-electron chi connectivity index (χ1n) is 8.66. The van der Waals surface area contributed by atoms with Crippen molar-refractivity contribution in [2.75, 3.05) is 52.5 Å². The minimum atomic E-state index is -0.369. The van der Waals surface area contributed by atoms with Crippen LogP contribution < -0.4 is 5.73 Å². The number of amides is 1. The molecular weight excluding hydrogens is 278 g/mol. The van der Waals surface area contributed by atoms with Gasteiger partial charge in [0.15, 0.2) is 0 Å². The summed E-state index contributed by atoms with van der Waals surface area (Å²) in [5, 5.41) is 0. The van der Waals surface area contributed by atoms with Gasteiger partial charge in [-0.05, 0) is 31.2 Å². The number of ether oxygens (including phenoxy) is 1. The Morgan fingerprint density at radius 3 is 2.23 bits per heavy atom. The van der Waals surface area contributed by atoms with Crippen molar-refractivity contribution in [2.24, 2.45) is 16.6 Å². The number of nitrogens with two attached hydrogens (primary N) is 1. The number of carbonyl (C=O) groups is 1. The highest BCUT2D eigenvalue weighted by Gasteiger charge is 2.42. The van der Waals surface area contributed by atoms with Crippen molar-refractivity contribution < 1.29 is 9.53 Å². The molecule has 2 aliphatic rings. The van der Waals surface area contributed by atoms with Crippen LogP contribution >= 0.6 is 0 Å². The summed E-state index contributed by atoms with van der Waals surface area (Å²) < 4.78 is 5.41. The monoisotopic (exact) mass is 311 g/mol. The minimum Gasteiger partial charge on any atom is -0.381 e. The molecular formula is C17H33N3O2. The highest BCUT2D eigenvalue weighted by molar-refractivity contribution is 5.83. The molecule has 0 aliphatic carbocycles. The van der Waals surface area contributed by atoms with Crippen LogP contribution in [0.25, 0.3) is 0 Å². The van der Waals surface area contributed by atoms with Crippen molar-refractivity contribution in [1.82, 2.24) is 9.80 Å². The predicted molar refractivity (Wildman–Crippen MR) is 88.6 cm³/mol. The Hall–Kier alpha value is -0.650. The largest absolute Gasteiger partial charge is 0.381 e. The highest BCUT2D eigenvalue weighted by Crippen LogP contribution is 2.32. The van der Waals surface area contributed by atoms with Gasteiger partial charge in [-0.25, -0.2) is 0 Å². The molecule has 128 valence electrons. The van der Waals surface area contributed by atoms with E-state index in [9.17, 15) is 4.79 Å². The zero-order valence-corrected chi connectivity index (χ0v) is 14.6. The van der Waals surface area contributed by atoms with Gasteiger partial charge >= 0.3 is 0 Å². The van der Waals surface area contributed by atoms with Crippen LogP contribution in [-0.4, -0.2) is 68.2 Å². The second-order valence-electron chi connectivity index (χ2n) is 8.04. The van der Waals surface area contributed by atoms with Crippen molar-refractivity contribution in [1.29, 1.82) is 0 Å². The molecule has 0 unspecified atom stereocenters. The molecule has 2 rings (SSSR count). The van der Waals surface area contributed by atoms with Gasteiger partial charge in [-0.1, -0.05) is 20.8 Å². The number of hydrogen-bond acceptors (Lipinski definition) is 4. The topological polar surface area (TPSA) is 58.8 Å². The van der Waals surface area contributed by atoms with Crippen molar-refractivity contribution >= 4 is 5.91 Å². The first kappa shape index (κ1) is 17.7. The van der Waals surface area contributed by atoms with Crippen molar-refractivity contribution in [3.63, 3.8) is 0 Å². The van der Waals surface area contributed by atoms with E-state index in [2.05, 4.69) is 25.7 Å². The van der Waals surface area contributed by atoms with Crippen molar-refractivity contribution in [2.45, 2.75) is 40.0 Å². The molecule has 0 aromatic heterocycles. The predicted octanol–water partition coefficient (Wildman–Crippen LogP) is 1.32. The number of hydrogen-bond donors (Lipinski definition) is 1. The fourth-order valence-electron chi connectivity index (χ4n) is 3.27. The molecule has 0 saturated carbocycles. The van der Waals surface area contributed by atoms with Gasteiger partial charge in [0.1, 0.15) is 0 Å². The standard InChI is InChI=1S/C17H33N3O2/c1-16(2,3)4-7-19-8-10-20(11-9-19)15(21)17(14-18)5-12-22-13-6-17/h4-14,18H2,1-3H3. The van der Waals surface area contributed by atoms with Gasteiger partial charge in [0.25, 0.3) is 0 Å². The van der Waals surface area contributed by atoms with Crippen LogP contribution in [0.15, 0.2) is 0 Å². The second kappa shape index (κ2) is 7.28. The lowest BCUT2D eigenvalue weighted by Gasteiger charge is -2.42. The van der Waals surface area contributed by atoms with Crippen LogP contribution in [0.4, 0.5) is 0 Å². The molecule has 0 aromatic carbocycles. The molecule has 5 heteroatoms. The lowest BCUT2D eigenvalue weighted by atomic mass is 9.78. The maximum Gasteiger partial charge on any atom is 0.230 e. The van der Waals surface area contributed by atoms with Crippen LogP contribution in [0, 0.1) is 10.8 Å². The maximum absolute atomic E-state index is 12.9. The van der Waals surface area contributed by atoms with Gasteiger partial charge in [0, 0.05) is 45.9 Å². The number of piperazine rings is 1. The van der Waals surface area contributed by atoms with Gasteiger partial charge in [-0.3, -0.25) is 9.69 Å². The van der Waals surface area contributed by atoms with E-state index >= 15 is 0 Å². The third-order valence-electron chi connectivity index (χ3n) is 5.13. The van der Waals surface area contributed by atoms with Gasteiger partial charge < -0.3 is 15.4 Å². The van der Waals surface area contributed by atoms with E-state index in [1.807, 2.05) is 4.90 Å². The Kier molecular flexibility index (Phi) is 5.86. The summed E-state index contributed by atoms with van der Waals surface area (Å²) in [5.41, 5.74) is 5.96. The summed E-state index contributed by atoms with van der Waals surface area (Å²) in [4.78, 5) is 17.4. The van der Waals surface area contributed by atoms with E-state index in [1.165, 1.54) is 6.42 Å². The Morgan fingerprint density at radius 1 is 1.14 bits per heavy atom. The van der Waals surface area contributed by atoms with E-state index < -0.39 is 0 Å². The number of rotatable bonds is 4.